The Balaban J connectivity index is 1.36. The fourth-order valence-corrected chi connectivity index (χ4v) is 3.26. The number of aryl methyl sites for hydroxylation is 1. The molecule has 8 nitrogen and oxygen atoms in total. The van der Waals surface area contributed by atoms with Gasteiger partial charge in [-0.15, -0.1) is 0 Å². The highest BCUT2D eigenvalue weighted by atomic mass is 16.2. The van der Waals surface area contributed by atoms with Crippen molar-refractivity contribution in [1.82, 2.24) is 24.9 Å². The summed E-state index contributed by atoms with van der Waals surface area (Å²) in [6.07, 6.45) is 3.27. The van der Waals surface area contributed by atoms with Gasteiger partial charge in [-0.2, -0.15) is 14.6 Å². The van der Waals surface area contributed by atoms with Crippen molar-refractivity contribution in [1.29, 1.82) is 0 Å². The Kier molecular flexibility index (Phi) is 4.39. The third kappa shape index (κ3) is 3.44. The molecule has 0 spiro atoms. The van der Waals surface area contributed by atoms with Crippen molar-refractivity contribution in [3.05, 3.63) is 48.4 Å². The number of carbonyl (C=O) groups is 1. The molecule has 26 heavy (non-hydrogen) atoms. The molecular formula is C18H21N7O. The number of nitrogens with one attached hydrogen (secondary N) is 2. The Labute approximate surface area is 151 Å². The maximum atomic E-state index is 12.2. The van der Waals surface area contributed by atoms with Gasteiger partial charge in [0.2, 0.25) is 0 Å². The molecule has 2 N–H and O–H groups in total. The fraction of sp³-hybridized carbons (Fsp3) is 0.333. The summed E-state index contributed by atoms with van der Waals surface area (Å²) >= 11 is 0. The molecule has 8 heteroatoms. The molecular weight excluding hydrogens is 330 g/mol. The molecule has 0 atom stereocenters. The Bertz CT molecular complexity index is 900. The second-order valence-electron chi connectivity index (χ2n) is 6.45. The van der Waals surface area contributed by atoms with Crippen LogP contribution in [0.1, 0.15) is 18.5 Å². The van der Waals surface area contributed by atoms with E-state index in [1.807, 2.05) is 43.3 Å². The van der Waals surface area contributed by atoms with Crippen molar-refractivity contribution in [3.63, 3.8) is 0 Å². The Hall–Kier alpha value is -3.16. The summed E-state index contributed by atoms with van der Waals surface area (Å²) in [5.41, 5.74) is 1.71. The lowest BCUT2D eigenvalue weighted by atomic mass is 10.1. The van der Waals surface area contributed by atoms with Gasteiger partial charge in [0.05, 0.1) is 0 Å². The monoisotopic (exact) mass is 351 g/mol. The third-order valence-electron chi connectivity index (χ3n) is 4.55. The molecule has 0 bridgehead atoms. The van der Waals surface area contributed by atoms with E-state index in [2.05, 4.69) is 30.6 Å². The van der Waals surface area contributed by atoms with E-state index in [4.69, 9.17) is 0 Å². The molecule has 1 fully saturated rings. The number of para-hydroxylation sites is 1. The van der Waals surface area contributed by atoms with Crippen LogP contribution in [0.5, 0.6) is 0 Å². The number of piperidine rings is 1. The molecule has 0 radical (unpaired) electrons. The van der Waals surface area contributed by atoms with Gasteiger partial charge in [0.1, 0.15) is 12.1 Å². The highest BCUT2D eigenvalue weighted by molar-refractivity contribution is 5.89. The summed E-state index contributed by atoms with van der Waals surface area (Å²) < 4.78 is 1.77. The summed E-state index contributed by atoms with van der Waals surface area (Å²) in [6.45, 7) is 3.64. The first kappa shape index (κ1) is 16.3. The molecule has 134 valence electrons. The lowest BCUT2D eigenvalue weighted by Crippen LogP contribution is -2.46. The number of nitrogens with zero attached hydrogens (tertiary/aromatic N) is 5. The summed E-state index contributed by atoms with van der Waals surface area (Å²) in [5, 5.41) is 10.2. The van der Waals surface area contributed by atoms with E-state index >= 15 is 0 Å². The summed E-state index contributed by atoms with van der Waals surface area (Å²) in [6, 6.07) is 11.5. The van der Waals surface area contributed by atoms with Gasteiger partial charge in [-0.3, -0.25) is 0 Å². The lowest BCUT2D eigenvalue weighted by molar-refractivity contribution is 0.246. The van der Waals surface area contributed by atoms with Gasteiger partial charge in [0.15, 0.2) is 0 Å². The van der Waals surface area contributed by atoms with Crippen LogP contribution in [0.25, 0.3) is 5.78 Å². The first-order valence-electron chi connectivity index (χ1n) is 8.74. The van der Waals surface area contributed by atoms with Gasteiger partial charge in [0.25, 0.3) is 5.78 Å². The van der Waals surface area contributed by atoms with E-state index in [0.29, 0.717) is 5.78 Å². The quantitative estimate of drug-likeness (QED) is 0.755. The van der Waals surface area contributed by atoms with Crippen molar-refractivity contribution in [3.8, 4) is 0 Å². The van der Waals surface area contributed by atoms with Crippen molar-refractivity contribution < 1.29 is 4.79 Å². The summed E-state index contributed by atoms with van der Waals surface area (Å²) in [7, 11) is 0. The zero-order valence-corrected chi connectivity index (χ0v) is 14.6. The van der Waals surface area contributed by atoms with E-state index in [-0.39, 0.29) is 12.1 Å². The molecule has 1 aliphatic heterocycles. The summed E-state index contributed by atoms with van der Waals surface area (Å²) in [4.78, 5) is 23.0. The van der Waals surface area contributed by atoms with Crippen molar-refractivity contribution in [2.24, 2.45) is 0 Å². The third-order valence-corrected chi connectivity index (χ3v) is 4.55. The summed E-state index contributed by atoms with van der Waals surface area (Å²) in [5.74, 6) is 1.61. The maximum absolute atomic E-state index is 12.2. The van der Waals surface area contributed by atoms with E-state index < -0.39 is 0 Å². The molecule has 3 aromatic rings. The number of rotatable bonds is 3. The number of amides is 2. The van der Waals surface area contributed by atoms with Crippen LogP contribution >= 0.6 is 0 Å². The van der Waals surface area contributed by atoms with Crippen LogP contribution in [0.3, 0.4) is 0 Å². The maximum Gasteiger partial charge on any atom is 0.319 e. The zero-order valence-electron chi connectivity index (χ0n) is 14.6. The number of carbonyl (C=O) groups excluding carboxylic acids is 1. The molecule has 0 saturated carbocycles. The number of aromatic nitrogens is 4. The first-order chi connectivity index (χ1) is 12.7. The minimum atomic E-state index is -0.159. The molecule has 0 unspecified atom stereocenters. The number of fused-ring (bicyclic) bond motifs is 1. The van der Waals surface area contributed by atoms with Gasteiger partial charge < -0.3 is 15.5 Å². The molecule has 0 aliphatic carbocycles. The molecule has 3 heterocycles. The highest BCUT2D eigenvalue weighted by Crippen LogP contribution is 2.21. The highest BCUT2D eigenvalue weighted by Gasteiger charge is 2.23. The normalized spacial score (nSPS) is 15.2. The molecule has 2 amide bonds. The average Bonchev–Trinajstić information content (AvgIpc) is 3.11. The van der Waals surface area contributed by atoms with E-state index in [1.165, 1.54) is 6.33 Å². The number of benzene rings is 1. The predicted octanol–water partition coefficient (Wildman–Crippen LogP) is 2.22. The Morgan fingerprint density at radius 1 is 1.19 bits per heavy atom. The number of hydrogen-bond acceptors (Lipinski definition) is 5. The molecule has 4 rings (SSSR count). The van der Waals surface area contributed by atoms with Crippen LogP contribution < -0.4 is 15.5 Å². The Morgan fingerprint density at radius 2 is 1.96 bits per heavy atom. The lowest BCUT2D eigenvalue weighted by Gasteiger charge is -2.33. The number of hydrogen-bond donors (Lipinski definition) is 2. The van der Waals surface area contributed by atoms with Crippen LogP contribution in [0.4, 0.5) is 16.3 Å². The SMILES string of the molecule is Cc1cc(N2CCC(NC(=O)Nc3ccccc3)CC2)n2ncnc2n1. The van der Waals surface area contributed by atoms with Gasteiger partial charge in [-0.25, -0.2) is 9.78 Å². The van der Waals surface area contributed by atoms with Gasteiger partial charge in [-0.1, -0.05) is 18.2 Å². The average molecular weight is 351 g/mol. The van der Waals surface area contributed by atoms with Crippen molar-refractivity contribution in [2.45, 2.75) is 25.8 Å². The molecule has 1 aromatic carbocycles. The van der Waals surface area contributed by atoms with Gasteiger partial charge >= 0.3 is 6.03 Å². The minimum Gasteiger partial charge on any atom is -0.356 e. The van der Waals surface area contributed by atoms with E-state index in [1.54, 1.807) is 4.52 Å². The van der Waals surface area contributed by atoms with Gasteiger partial charge in [0, 0.05) is 36.6 Å². The van der Waals surface area contributed by atoms with Crippen molar-refractivity contribution >= 4 is 23.3 Å². The van der Waals surface area contributed by atoms with Crippen LogP contribution in [0.2, 0.25) is 0 Å². The van der Waals surface area contributed by atoms with E-state index in [0.717, 1.165) is 43.1 Å². The minimum absolute atomic E-state index is 0.157. The predicted molar refractivity (Wildman–Crippen MR) is 99.4 cm³/mol. The fourth-order valence-electron chi connectivity index (χ4n) is 3.26. The van der Waals surface area contributed by atoms with Crippen molar-refractivity contribution in [2.75, 3.05) is 23.3 Å². The largest absolute Gasteiger partial charge is 0.356 e. The standard InChI is InChI=1S/C18H21N7O/c1-13-11-16(25-17(21-13)19-12-20-25)24-9-7-15(8-10-24)23-18(26)22-14-5-3-2-4-6-14/h2-6,11-12,15H,7-10H2,1H3,(H2,22,23,26). The molecule has 1 aliphatic rings. The first-order valence-corrected chi connectivity index (χ1v) is 8.74. The second-order valence-corrected chi connectivity index (χ2v) is 6.45. The van der Waals surface area contributed by atoms with Crippen LogP contribution in [0, 0.1) is 6.92 Å². The van der Waals surface area contributed by atoms with Crippen LogP contribution in [0.15, 0.2) is 42.7 Å². The number of anilines is 2. The van der Waals surface area contributed by atoms with Crippen LogP contribution in [-0.2, 0) is 0 Å². The molecule has 2 aromatic heterocycles. The van der Waals surface area contributed by atoms with E-state index in [9.17, 15) is 4.79 Å². The second kappa shape index (κ2) is 6.99. The van der Waals surface area contributed by atoms with Crippen LogP contribution in [-0.4, -0.2) is 44.7 Å². The molecule has 1 saturated heterocycles. The number of urea groups is 1. The zero-order chi connectivity index (χ0) is 17.9. The Morgan fingerprint density at radius 3 is 2.73 bits per heavy atom. The smallest absolute Gasteiger partial charge is 0.319 e. The topological polar surface area (TPSA) is 87.5 Å². The van der Waals surface area contributed by atoms with Gasteiger partial charge in [-0.05, 0) is 31.9 Å².